The number of hydrogen-bond donors (Lipinski definition) is 0. The Balaban J connectivity index is 2.89. The Hall–Kier alpha value is 0.0400. The van der Waals surface area contributed by atoms with E-state index < -0.39 is 11.3 Å². The van der Waals surface area contributed by atoms with Crippen molar-refractivity contribution in [1.82, 2.24) is 0 Å². The first-order valence-corrected chi connectivity index (χ1v) is 6.08. The third kappa shape index (κ3) is 2.76. The summed E-state index contributed by atoms with van der Waals surface area (Å²) < 4.78 is 24.8. The molecule has 0 bridgehead atoms. The van der Waals surface area contributed by atoms with Crippen molar-refractivity contribution in [2.45, 2.75) is 37.4 Å². The van der Waals surface area contributed by atoms with E-state index in [1.165, 1.54) is 11.3 Å². The van der Waals surface area contributed by atoms with E-state index >= 15 is 0 Å². The van der Waals surface area contributed by atoms with Crippen molar-refractivity contribution in [1.29, 1.82) is 0 Å². The van der Waals surface area contributed by atoms with E-state index in [0.717, 1.165) is 4.88 Å². The van der Waals surface area contributed by atoms with Gasteiger partial charge in [-0.3, -0.25) is 0 Å². The predicted molar refractivity (Wildman–Crippen MR) is 60.7 cm³/mol. The zero-order chi connectivity index (χ0) is 10.9. The number of halogens is 3. The zero-order valence-electron chi connectivity index (χ0n) is 8.35. The quantitative estimate of drug-likeness (QED) is 0.687. The molecule has 0 spiro atoms. The average Bonchev–Trinajstić information content (AvgIpc) is 2.49. The number of alkyl halides is 3. The Labute approximate surface area is 95.5 Å². The lowest BCUT2D eigenvalue weighted by Gasteiger charge is -2.15. The Kier molecular flexibility index (Phi) is 3.69. The second kappa shape index (κ2) is 4.27. The monoisotopic (exact) mass is 282 g/mol. The minimum Gasteiger partial charge on any atom is -0.209 e. The molecule has 0 aromatic carbocycles. The standard InChI is InChI=1S/C10H13BrF2S/c1-10(2,3)7-5-4-6(14-7)8(11)9(12)13/h4-5,8-9H,1-3H3. The summed E-state index contributed by atoms with van der Waals surface area (Å²) in [5.74, 6) is 0. The zero-order valence-corrected chi connectivity index (χ0v) is 10.8. The first kappa shape index (κ1) is 12.1. The van der Waals surface area contributed by atoms with E-state index in [-0.39, 0.29) is 5.41 Å². The van der Waals surface area contributed by atoms with Gasteiger partial charge in [0.15, 0.2) is 0 Å². The van der Waals surface area contributed by atoms with Crippen LogP contribution in [-0.4, -0.2) is 6.43 Å². The molecule has 14 heavy (non-hydrogen) atoms. The van der Waals surface area contributed by atoms with Gasteiger partial charge in [0.1, 0.15) is 4.83 Å². The maximum atomic E-state index is 12.4. The summed E-state index contributed by atoms with van der Waals surface area (Å²) in [6.45, 7) is 6.23. The van der Waals surface area contributed by atoms with Crippen LogP contribution < -0.4 is 0 Å². The van der Waals surface area contributed by atoms with Crippen LogP contribution in [0, 0.1) is 0 Å². The van der Waals surface area contributed by atoms with E-state index in [1.54, 1.807) is 6.07 Å². The lowest BCUT2D eigenvalue weighted by atomic mass is 9.95. The molecule has 0 amide bonds. The van der Waals surface area contributed by atoms with Crippen molar-refractivity contribution < 1.29 is 8.78 Å². The van der Waals surface area contributed by atoms with Crippen LogP contribution in [0.4, 0.5) is 8.78 Å². The number of hydrogen-bond acceptors (Lipinski definition) is 1. The first-order chi connectivity index (χ1) is 6.32. The Morgan fingerprint density at radius 1 is 1.29 bits per heavy atom. The summed E-state index contributed by atoms with van der Waals surface area (Å²) >= 11 is 4.44. The Bertz CT molecular complexity index is 301. The highest BCUT2D eigenvalue weighted by Gasteiger charge is 2.23. The highest BCUT2D eigenvalue weighted by atomic mass is 79.9. The minimum atomic E-state index is -2.35. The summed E-state index contributed by atoms with van der Waals surface area (Å²) in [6.07, 6.45) is -2.35. The molecule has 0 N–H and O–H groups in total. The molecule has 1 aromatic heterocycles. The van der Waals surface area contributed by atoms with Gasteiger partial charge in [-0.15, -0.1) is 11.3 Å². The molecular formula is C10H13BrF2S. The van der Waals surface area contributed by atoms with Crippen molar-refractivity contribution in [3.05, 3.63) is 21.9 Å². The third-order valence-electron chi connectivity index (χ3n) is 1.86. The van der Waals surface area contributed by atoms with Gasteiger partial charge in [-0.05, 0) is 17.5 Å². The molecule has 0 aliphatic carbocycles. The van der Waals surface area contributed by atoms with Crippen LogP contribution in [0.1, 0.15) is 35.4 Å². The molecule has 0 radical (unpaired) electrons. The molecule has 80 valence electrons. The minimum absolute atomic E-state index is 0.0394. The van der Waals surface area contributed by atoms with Crippen LogP contribution in [0.25, 0.3) is 0 Å². The van der Waals surface area contributed by atoms with Crippen LogP contribution in [0.15, 0.2) is 12.1 Å². The lowest BCUT2D eigenvalue weighted by molar-refractivity contribution is 0.148. The second-order valence-electron chi connectivity index (χ2n) is 4.19. The highest BCUT2D eigenvalue weighted by molar-refractivity contribution is 9.09. The maximum absolute atomic E-state index is 12.4. The smallest absolute Gasteiger partial charge is 0.209 e. The molecule has 0 saturated carbocycles. The van der Waals surface area contributed by atoms with Gasteiger partial charge in [-0.25, -0.2) is 8.78 Å². The molecule has 4 heteroatoms. The van der Waals surface area contributed by atoms with Crippen LogP contribution >= 0.6 is 27.3 Å². The third-order valence-corrected chi connectivity index (χ3v) is 4.65. The van der Waals surface area contributed by atoms with Gasteiger partial charge in [0.05, 0.1) is 0 Å². The largest absolute Gasteiger partial charge is 0.255 e. The van der Waals surface area contributed by atoms with Crippen LogP contribution in [0.5, 0.6) is 0 Å². The van der Waals surface area contributed by atoms with Gasteiger partial charge in [0.25, 0.3) is 6.43 Å². The van der Waals surface area contributed by atoms with Gasteiger partial charge in [-0.2, -0.15) is 0 Å². The van der Waals surface area contributed by atoms with E-state index in [9.17, 15) is 8.78 Å². The summed E-state index contributed by atoms with van der Waals surface area (Å²) in [4.78, 5) is 1.01. The Morgan fingerprint density at radius 2 is 1.86 bits per heavy atom. The molecule has 1 rings (SSSR count). The van der Waals surface area contributed by atoms with E-state index in [0.29, 0.717) is 4.88 Å². The molecular weight excluding hydrogens is 270 g/mol. The van der Waals surface area contributed by atoms with Crippen molar-refractivity contribution in [3.8, 4) is 0 Å². The van der Waals surface area contributed by atoms with Crippen molar-refractivity contribution in [2.24, 2.45) is 0 Å². The summed E-state index contributed by atoms with van der Waals surface area (Å²) in [7, 11) is 0. The number of rotatable bonds is 2. The average molecular weight is 283 g/mol. The van der Waals surface area contributed by atoms with Crippen molar-refractivity contribution in [2.75, 3.05) is 0 Å². The van der Waals surface area contributed by atoms with Crippen LogP contribution in [0.3, 0.4) is 0 Å². The van der Waals surface area contributed by atoms with Gasteiger partial charge in [0, 0.05) is 9.75 Å². The normalized spacial score (nSPS) is 14.8. The van der Waals surface area contributed by atoms with E-state index in [1.807, 2.05) is 6.07 Å². The van der Waals surface area contributed by atoms with E-state index in [4.69, 9.17) is 0 Å². The molecule has 1 heterocycles. The molecule has 1 unspecified atom stereocenters. The van der Waals surface area contributed by atoms with Gasteiger partial charge < -0.3 is 0 Å². The fraction of sp³-hybridized carbons (Fsp3) is 0.600. The summed E-state index contributed by atoms with van der Waals surface area (Å²) in [5.41, 5.74) is 0.0394. The van der Waals surface area contributed by atoms with Gasteiger partial charge in [-0.1, -0.05) is 36.7 Å². The van der Waals surface area contributed by atoms with Crippen molar-refractivity contribution >= 4 is 27.3 Å². The topological polar surface area (TPSA) is 0 Å². The lowest BCUT2D eigenvalue weighted by Crippen LogP contribution is -2.07. The second-order valence-corrected chi connectivity index (χ2v) is 6.29. The highest BCUT2D eigenvalue weighted by Crippen LogP contribution is 2.38. The fourth-order valence-electron chi connectivity index (χ4n) is 1.03. The Morgan fingerprint density at radius 3 is 2.21 bits per heavy atom. The number of thiophene rings is 1. The fourth-order valence-corrected chi connectivity index (χ4v) is 2.51. The van der Waals surface area contributed by atoms with Gasteiger partial charge in [0.2, 0.25) is 0 Å². The predicted octanol–water partition coefficient (Wildman–Crippen LogP) is 4.75. The van der Waals surface area contributed by atoms with Crippen molar-refractivity contribution in [3.63, 3.8) is 0 Å². The van der Waals surface area contributed by atoms with Gasteiger partial charge >= 0.3 is 0 Å². The molecule has 0 nitrogen and oxygen atoms in total. The first-order valence-electron chi connectivity index (χ1n) is 4.35. The molecule has 0 fully saturated rings. The molecule has 1 atom stereocenters. The SMILES string of the molecule is CC(C)(C)c1ccc(C(Br)C(F)F)s1. The summed E-state index contributed by atoms with van der Waals surface area (Å²) in [5, 5.41) is 0. The summed E-state index contributed by atoms with van der Waals surface area (Å²) in [6, 6.07) is 3.70. The van der Waals surface area contributed by atoms with E-state index in [2.05, 4.69) is 36.7 Å². The molecule has 0 saturated heterocycles. The molecule has 0 aliphatic rings. The van der Waals surface area contributed by atoms with Crippen LogP contribution in [0.2, 0.25) is 0 Å². The molecule has 1 aromatic rings. The maximum Gasteiger partial charge on any atom is 0.255 e. The molecule has 0 aliphatic heterocycles. The van der Waals surface area contributed by atoms with Crippen LogP contribution in [-0.2, 0) is 5.41 Å².